The van der Waals surface area contributed by atoms with E-state index in [0.29, 0.717) is 19.5 Å². The van der Waals surface area contributed by atoms with Gasteiger partial charge in [-0.05, 0) is 68.8 Å². The highest BCUT2D eigenvalue weighted by atomic mass is 16.2. The van der Waals surface area contributed by atoms with Crippen LogP contribution in [0.15, 0.2) is 24.3 Å². The third kappa shape index (κ3) is 3.28. The van der Waals surface area contributed by atoms with Crippen LogP contribution in [0.3, 0.4) is 0 Å². The first-order valence-electron chi connectivity index (χ1n) is 10.6. The Balaban J connectivity index is 1.22. The van der Waals surface area contributed by atoms with Gasteiger partial charge in [-0.2, -0.15) is 0 Å². The fourth-order valence-corrected chi connectivity index (χ4v) is 6.64. The van der Waals surface area contributed by atoms with Crippen molar-refractivity contribution in [3.8, 4) is 0 Å². The summed E-state index contributed by atoms with van der Waals surface area (Å²) in [4.78, 5) is 27.4. The predicted molar refractivity (Wildman–Crippen MR) is 104 cm³/mol. The number of hydrogen-bond acceptors (Lipinski definition) is 2. The Morgan fingerprint density at radius 3 is 2.26 bits per heavy atom. The van der Waals surface area contributed by atoms with Crippen molar-refractivity contribution in [1.29, 1.82) is 0 Å². The summed E-state index contributed by atoms with van der Waals surface area (Å²) >= 11 is 0. The molecule has 1 aliphatic heterocycles. The lowest BCUT2D eigenvalue weighted by atomic mass is 9.53. The largest absolute Gasteiger partial charge is 0.350 e. The van der Waals surface area contributed by atoms with E-state index < -0.39 is 0 Å². The molecule has 1 aromatic rings. The van der Waals surface area contributed by atoms with Crippen LogP contribution in [0.2, 0.25) is 0 Å². The Morgan fingerprint density at radius 1 is 1.07 bits per heavy atom. The maximum absolute atomic E-state index is 13.0. The van der Waals surface area contributed by atoms with Crippen molar-refractivity contribution in [2.75, 3.05) is 6.54 Å². The number of aryl methyl sites for hydroxylation is 1. The SMILES string of the molecule is Cc1ccc(CN2CC(C(=O)NC34CC5CC(CC(C5)C3)C4)CC2=O)cc1. The Bertz CT molecular complexity index is 719. The van der Waals surface area contributed by atoms with Gasteiger partial charge in [0.05, 0.1) is 5.92 Å². The van der Waals surface area contributed by atoms with Crippen molar-refractivity contribution in [2.24, 2.45) is 23.7 Å². The van der Waals surface area contributed by atoms with Crippen LogP contribution in [-0.4, -0.2) is 28.8 Å². The number of hydrogen-bond donors (Lipinski definition) is 1. The van der Waals surface area contributed by atoms with Crippen LogP contribution < -0.4 is 5.32 Å². The zero-order valence-corrected chi connectivity index (χ0v) is 16.2. The minimum atomic E-state index is -0.184. The van der Waals surface area contributed by atoms with E-state index in [1.807, 2.05) is 4.90 Å². The maximum Gasteiger partial charge on any atom is 0.225 e. The lowest BCUT2D eigenvalue weighted by Crippen LogP contribution is -2.60. The standard InChI is InChI=1S/C23H30N2O2/c1-15-2-4-16(5-3-15)13-25-14-20(9-21(25)26)22(27)24-23-10-17-6-18(11-23)8-19(7-17)12-23/h2-5,17-20H,6-14H2,1H3,(H,24,27). The van der Waals surface area contributed by atoms with Gasteiger partial charge in [0.1, 0.15) is 0 Å². The molecule has 5 fully saturated rings. The van der Waals surface area contributed by atoms with Crippen molar-refractivity contribution in [1.82, 2.24) is 10.2 Å². The predicted octanol–water partition coefficient (Wildman–Crippen LogP) is 3.43. The summed E-state index contributed by atoms with van der Waals surface area (Å²) < 4.78 is 0. The van der Waals surface area contributed by atoms with Crippen LogP contribution in [0.25, 0.3) is 0 Å². The topological polar surface area (TPSA) is 49.4 Å². The third-order valence-corrected chi connectivity index (χ3v) is 7.51. The Hall–Kier alpha value is -1.84. The zero-order valence-electron chi connectivity index (χ0n) is 16.2. The number of likely N-dealkylation sites (tertiary alicyclic amines) is 1. The van der Waals surface area contributed by atoms with Gasteiger partial charge in [0.25, 0.3) is 0 Å². The zero-order chi connectivity index (χ0) is 18.6. The van der Waals surface area contributed by atoms with E-state index in [0.717, 1.165) is 23.3 Å². The highest BCUT2D eigenvalue weighted by Crippen LogP contribution is 2.55. The second-order valence-electron chi connectivity index (χ2n) is 9.85. The van der Waals surface area contributed by atoms with Crippen LogP contribution >= 0.6 is 0 Å². The van der Waals surface area contributed by atoms with Gasteiger partial charge >= 0.3 is 0 Å². The van der Waals surface area contributed by atoms with E-state index in [1.165, 1.54) is 44.1 Å². The average Bonchev–Trinajstić information content (AvgIpc) is 2.96. The minimum absolute atomic E-state index is 0.0409. The highest BCUT2D eigenvalue weighted by Gasteiger charge is 2.52. The van der Waals surface area contributed by atoms with E-state index >= 15 is 0 Å². The molecule has 0 spiro atoms. The molecule has 6 rings (SSSR count). The molecule has 1 atom stereocenters. The Kier molecular flexibility index (Phi) is 4.06. The summed E-state index contributed by atoms with van der Waals surface area (Å²) in [6.07, 6.45) is 7.99. The van der Waals surface area contributed by atoms with E-state index in [4.69, 9.17) is 0 Å². The molecule has 1 N–H and O–H groups in total. The highest BCUT2D eigenvalue weighted by molar-refractivity contribution is 5.89. The summed E-state index contributed by atoms with van der Waals surface area (Å²) in [7, 11) is 0. The molecule has 1 saturated heterocycles. The van der Waals surface area contributed by atoms with Crippen molar-refractivity contribution < 1.29 is 9.59 Å². The summed E-state index contributed by atoms with van der Waals surface area (Å²) in [5.74, 6) is 2.51. The number of rotatable bonds is 4. The van der Waals surface area contributed by atoms with Crippen molar-refractivity contribution in [2.45, 2.75) is 64.0 Å². The smallest absolute Gasteiger partial charge is 0.225 e. The molecular formula is C23H30N2O2. The Labute approximate surface area is 161 Å². The fraction of sp³-hybridized carbons (Fsp3) is 0.652. The van der Waals surface area contributed by atoms with Gasteiger partial charge in [0, 0.05) is 25.0 Å². The first kappa shape index (κ1) is 17.3. The van der Waals surface area contributed by atoms with E-state index in [1.54, 1.807) is 0 Å². The number of carbonyl (C=O) groups excluding carboxylic acids is 2. The molecule has 1 heterocycles. The molecule has 0 aromatic heterocycles. The molecule has 1 aromatic carbocycles. The van der Waals surface area contributed by atoms with Crippen molar-refractivity contribution in [3.05, 3.63) is 35.4 Å². The number of benzene rings is 1. The van der Waals surface area contributed by atoms with Crippen molar-refractivity contribution in [3.63, 3.8) is 0 Å². The number of amides is 2. The second kappa shape index (κ2) is 6.35. The second-order valence-corrected chi connectivity index (χ2v) is 9.85. The monoisotopic (exact) mass is 366 g/mol. The maximum atomic E-state index is 13.0. The van der Waals surface area contributed by atoms with Crippen molar-refractivity contribution >= 4 is 11.8 Å². The molecule has 5 aliphatic rings. The third-order valence-electron chi connectivity index (χ3n) is 7.51. The van der Waals surface area contributed by atoms with Gasteiger partial charge in [0.2, 0.25) is 11.8 Å². The van der Waals surface area contributed by atoms with Gasteiger partial charge in [-0.3, -0.25) is 9.59 Å². The molecule has 27 heavy (non-hydrogen) atoms. The van der Waals surface area contributed by atoms with E-state index in [9.17, 15) is 9.59 Å². The van der Waals surface area contributed by atoms with E-state index in [-0.39, 0.29) is 23.3 Å². The quantitative estimate of drug-likeness (QED) is 0.887. The molecule has 4 bridgehead atoms. The summed E-state index contributed by atoms with van der Waals surface area (Å²) in [6.45, 7) is 3.24. The molecule has 144 valence electrons. The molecule has 2 amide bonds. The molecule has 1 unspecified atom stereocenters. The molecule has 0 radical (unpaired) electrons. The van der Waals surface area contributed by atoms with E-state index in [2.05, 4.69) is 36.5 Å². The first-order chi connectivity index (χ1) is 13.0. The molecular weight excluding hydrogens is 336 g/mol. The first-order valence-corrected chi connectivity index (χ1v) is 10.6. The molecule has 4 heteroatoms. The normalized spacial score (nSPS) is 37.1. The summed E-state index contributed by atoms with van der Waals surface area (Å²) in [5, 5.41) is 3.46. The van der Waals surface area contributed by atoms with Gasteiger partial charge in [-0.1, -0.05) is 29.8 Å². The summed E-state index contributed by atoms with van der Waals surface area (Å²) in [6, 6.07) is 8.30. The summed E-state index contributed by atoms with van der Waals surface area (Å²) in [5.41, 5.74) is 2.40. The lowest BCUT2D eigenvalue weighted by Gasteiger charge is -2.57. The van der Waals surface area contributed by atoms with Gasteiger partial charge in [-0.25, -0.2) is 0 Å². The minimum Gasteiger partial charge on any atom is -0.350 e. The molecule has 4 nitrogen and oxygen atoms in total. The average molecular weight is 367 g/mol. The van der Waals surface area contributed by atoms with Crippen LogP contribution in [0.1, 0.15) is 56.1 Å². The van der Waals surface area contributed by atoms with Gasteiger partial charge < -0.3 is 10.2 Å². The van der Waals surface area contributed by atoms with Gasteiger partial charge in [0.15, 0.2) is 0 Å². The van der Waals surface area contributed by atoms with Crippen LogP contribution in [0.4, 0.5) is 0 Å². The van der Waals surface area contributed by atoms with Crippen LogP contribution in [0.5, 0.6) is 0 Å². The van der Waals surface area contributed by atoms with Gasteiger partial charge in [-0.15, -0.1) is 0 Å². The molecule has 4 saturated carbocycles. The Morgan fingerprint density at radius 2 is 1.67 bits per heavy atom. The lowest BCUT2D eigenvalue weighted by molar-refractivity contribution is -0.132. The van der Waals surface area contributed by atoms with Crippen LogP contribution in [0, 0.1) is 30.6 Å². The number of carbonyl (C=O) groups is 2. The number of nitrogens with zero attached hydrogens (tertiary/aromatic N) is 1. The molecule has 4 aliphatic carbocycles. The van der Waals surface area contributed by atoms with Crippen LogP contribution in [-0.2, 0) is 16.1 Å². The fourth-order valence-electron chi connectivity index (χ4n) is 6.64. The number of nitrogens with one attached hydrogen (secondary N) is 1.